The van der Waals surface area contributed by atoms with E-state index in [4.69, 9.17) is 0 Å². The lowest BCUT2D eigenvalue weighted by atomic mass is 10.00. The molecule has 1 aliphatic rings. The minimum atomic E-state index is -4.79. The van der Waals surface area contributed by atoms with Gasteiger partial charge in [-0.05, 0) is 74.0 Å². The maximum atomic E-state index is 13.1. The molecular formula is C23H26F7N3O2. The van der Waals surface area contributed by atoms with Crippen LogP contribution in [-0.4, -0.2) is 42.8 Å². The predicted octanol–water partition coefficient (Wildman–Crippen LogP) is 5.59. The van der Waals surface area contributed by atoms with Crippen LogP contribution in [0.15, 0.2) is 36.4 Å². The van der Waals surface area contributed by atoms with Crippen molar-refractivity contribution in [2.45, 2.75) is 38.3 Å². The van der Waals surface area contributed by atoms with Crippen molar-refractivity contribution in [3.8, 4) is 0 Å². The molecule has 3 N–H and O–H groups in total. The fourth-order valence-corrected chi connectivity index (χ4v) is 3.72. The average Bonchev–Trinajstić information content (AvgIpc) is 2.99. The summed E-state index contributed by atoms with van der Waals surface area (Å²) in [5.74, 6) is -0.292. The second-order valence-electron chi connectivity index (χ2n) is 7.99. The van der Waals surface area contributed by atoms with Crippen LogP contribution in [0.4, 0.5) is 35.5 Å². The van der Waals surface area contributed by atoms with E-state index in [2.05, 4.69) is 10.6 Å². The van der Waals surface area contributed by atoms with Gasteiger partial charge in [0, 0.05) is 19.6 Å². The summed E-state index contributed by atoms with van der Waals surface area (Å²) in [5.41, 5.74) is -0.993. The van der Waals surface area contributed by atoms with Gasteiger partial charge in [-0.25, -0.2) is 9.18 Å². The van der Waals surface area contributed by atoms with Gasteiger partial charge in [0.1, 0.15) is 5.82 Å². The topological polar surface area (TPSA) is 64.6 Å². The highest BCUT2D eigenvalue weighted by molar-refractivity contribution is 5.66. The average molecular weight is 509 g/mol. The van der Waals surface area contributed by atoms with Crippen molar-refractivity contribution in [1.29, 1.82) is 0 Å². The Morgan fingerprint density at radius 2 is 1.69 bits per heavy atom. The largest absolute Gasteiger partial charge is 0.465 e. The van der Waals surface area contributed by atoms with E-state index in [-0.39, 0.29) is 30.0 Å². The molecule has 0 aromatic heterocycles. The Bertz CT molecular complexity index is 977. The third-order valence-corrected chi connectivity index (χ3v) is 5.33. The predicted molar refractivity (Wildman–Crippen MR) is 115 cm³/mol. The molecule has 0 radical (unpaired) electrons. The number of carboxylic acid groups (broad SMARTS) is 1. The molecule has 0 spiro atoms. The van der Waals surface area contributed by atoms with Gasteiger partial charge in [0.15, 0.2) is 0 Å². The molecule has 1 aliphatic heterocycles. The number of hydrogen-bond acceptors (Lipinski definition) is 3. The van der Waals surface area contributed by atoms with E-state index in [0.29, 0.717) is 25.2 Å². The lowest BCUT2D eigenvalue weighted by Crippen LogP contribution is -2.36. The Balaban J connectivity index is 0.000000247. The van der Waals surface area contributed by atoms with Gasteiger partial charge in [0.2, 0.25) is 0 Å². The third kappa shape index (κ3) is 8.10. The first kappa shape index (κ1) is 28.4. The summed E-state index contributed by atoms with van der Waals surface area (Å²) in [7, 11) is 1.44. The number of aryl methyl sites for hydroxylation is 1. The van der Waals surface area contributed by atoms with E-state index in [1.54, 1.807) is 6.07 Å². The SMILES string of the molecule is CNCc1cc(C(F)(F)F)cc(C(F)(F)F)c1.Cc1cc(F)ccc1[C@H]1CNCCCN1C(=O)O. The number of carbonyl (C=O) groups is 1. The van der Waals surface area contributed by atoms with Crippen LogP contribution in [0.25, 0.3) is 0 Å². The van der Waals surface area contributed by atoms with Gasteiger partial charge in [-0.15, -0.1) is 0 Å². The molecule has 0 unspecified atom stereocenters. The summed E-state index contributed by atoms with van der Waals surface area (Å²) in [4.78, 5) is 12.7. The molecule has 1 amide bonds. The zero-order valence-electron chi connectivity index (χ0n) is 19.0. The molecular weight excluding hydrogens is 483 g/mol. The number of benzene rings is 2. The fraction of sp³-hybridized carbons (Fsp3) is 0.435. The van der Waals surface area contributed by atoms with E-state index in [1.807, 2.05) is 6.92 Å². The van der Waals surface area contributed by atoms with Crippen LogP contribution in [0.3, 0.4) is 0 Å². The maximum Gasteiger partial charge on any atom is 0.416 e. The molecule has 0 aliphatic carbocycles. The van der Waals surface area contributed by atoms with Crippen molar-refractivity contribution < 1.29 is 40.6 Å². The molecule has 1 heterocycles. The van der Waals surface area contributed by atoms with E-state index in [0.717, 1.165) is 24.1 Å². The van der Waals surface area contributed by atoms with Gasteiger partial charge >= 0.3 is 18.4 Å². The Hall–Kier alpha value is -2.86. The van der Waals surface area contributed by atoms with Crippen LogP contribution in [0, 0.1) is 12.7 Å². The summed E-state index contributed by atoms with van der Waals surface area (Å²) in [6.45, 7) is 3.62. The van der Waals surface area contributed by atoms with Crippen LogP contribution < -0.4 is 10.6 Å². The second kappa shape index (κ2) is 11.7. The first-order valence-electron chi connectivity index (χ1n) is 10.6. The quantitative estimate of drug-likeness (QED) is 0.472. The second-order valence-corrected chi connectivity index (χ2v) is 7.99. The van der Waals surface area contributed by atoms with Gasteiger partial charge in [0.05, 0.1) is 17.2 Å². The Labute approximate surface area is 197 Å². The molecule has 2 aromatic rings. The maximum absolute atomic E-state index is 13.1. The highest BCUT2D eigenvalue weighted by Crippen LogP contribution is 2.36. The standard InChI is InChI=1S/C13H17FN2O2.C10H9F6N/c1-9-7-10(14)3-4-11(9)12-8-15-5-2-6-16(12)13(17)18;1-17-5-6-2-7(9(11,12)13)4-8(3-6)10(14,15)16/h3-4,7,12,15H,2,5-6,8H2,1H3,(H,17,18);2-4,17H,5H2,1H3/t12-;/m1./s1. The molecule has 5 nitrogen and oxygen atoms in total. The minimum Gasteiger partial charge on any atom is -0.465 e. The zero-order chi connectivity index (χ0) is 26.4. The van der Waals surface area contributed by atoms with Crippen LogP contribution in [0.1, 0.15) is 40.3 Å². The Kier molecular flexibility index (Phi) is 9.50. The summed E-state index contributed by atoms with van der Waals surface area (Å²) in [6.07, 6.45) is -9.70. The monoisotopic (exact) mass is 509 g/mol. The zero-order valence-corrected chi connectivity index (χ0v) is 19.0. The fourth-order valence-electron chi connectivity index (χ4n) is 3.72. The molecule has 2 aromatic carbocycles. The van der Waals surface area contributed by atoms with Crippen LogP contribution in [0.2, 0.25) is 0 Å². The number of hydrogen-bond donors (Lipinski definition) is 3. The van der Waals surface area contributed by atoms with Gasteiger partial charge in [-0.1, -0.05) is 6.07 Å². The van der Waals surface area contributed by atoms with Crippen LogP contribution in [0.5, 0.6) is 0 Å². The third-order valence-electron chi connectivity index (χ3n) is 5.33. The molecule has 0 saturated carbocycles. The lowest BCUT2D eigenvalue weighted by Gasteiger charge is -2.28. The van der Waals surface area contributed by atoms with Gasteiger partial charge in [-0.3, -0.25) is 4.90 Å². The summed E-state index contributed by atoms with van der Waals surface area (Å²) >= 11 is 0. The first-order chi connectivity index (χ1) is 16.2. The number of nitrogens with one attached hydrogen (secondary N) is 2. The van der Waals surface area contributed by atoms with Crippen LogP contribution in [-0.2, 0) is 18.9 Å². The van der Waals surface area contributed by atoms with E-state index in [1.165, 1.54) is 24.1 Å². The number of nitrogens with zero attached hydrogens (tertiary/aromatic N) is 1. The number of alkyl halides is 6. The van der Waals surface area contributed by atoms with Gasteiger partial charge < -0.3 is 15.7 Å². The number of amides is 1. The molecule has 1 atom stereocenters. The summed E-state index contributed by atoms with van der Waals surface area (Å²) in [6, 6.07) is 5.77. The molecule has 1 saturated heterocycles. The minimum absolute atomic E-state index is 0.0605. The Morgan fingerprint density at radius 3 is 2.17 bits per heavy atom. The van der Waals surface area contributed by atoms with Crippen molar-refractivity contribution >= 4 is 6.09 Å². The molecule has 35 heavy (non-hydrogen) atoms. The Morgan fingerprint density at radius 1 is 1.09 bits per heavy atom. The normalized spacial score (nSPS) is 16.8. The highest BCUT2D eigenvalue weighted by atomic mass is 19.4. The lowest BCUT2D eigenvalue weighted by molar-refractivity contribution is -0.143. The summed E-state index contributed by atoms with van der Waals surface area (Å²) < 4.78 is 87.4. The number of rotatable bonds is 3. The smallest absolute Gasteiger partial charge is 0.416 e. The summed E-state index contributed by atoms with van der Waals surface area (Å²) in [5, 5.41) is 15.0. The first-order valence-corrected chi connectivity index (χ1v) is 10.6. The van der Waals surface area contributed by atoms with Crippen molar-refractivity contribution in [3.05, 3.63) is 70.0 Å². The van der Waals surface area contributed by atoms with Gasteiger partial charge in [0.25, 0.3) is 0 Å². The molecule has 12 heteroatoms. The van der Waals surface area contributed by atoms with Gasteiger partial charge in [-0.2, -0.15) is 26.3 Å². The molecule has 1 fully saturated rings. The van der Waals surface area contributed by atoms with E-state index in [9.17, 15) is 40.6 Å². The van der Waals surface area contributed by atoms with Crippen molar-refractivity contribution in [2.75, 3.05) is 26.7 Å². The molecule has 194 valence electrons. The van der Waals surface area contributed by atoms with E-state index >= 15 is 0 Å². The van der Waals surface area contributed by atoms with Crippen molar-refractivity contribution in [1.82, 2.24) is 15.5 Å². The van der Waals surface area contributed by atoms with Crippen molar-refractivity contribution in [3.63, 3.8) is 0 Å². The highest BCUT2D eigenvalue weighted by Gasteiger charge is 2.36. The number of halogens is 7. The van der Waals surface area contributed by atoms with E-state index < -0.39 is 29.6 Å². The van der Waals surface area contributed by atoms with Crippen molar-refractivity contribution in [2.24, 2.45) is 0 Å². The van der Waals surface area contributed by atoms with Crippen LogP contribution >= 0.6 is 0 Å². The molecule has 3 rings (SSSR count). The molecule has 0 bridgehead atoms.